The predicted molar refractivity (Wildman–Crippen MR) is 73.0 cm³/mol. The van der Waals surface area contributed by atoms with Crippen molar-refractivity contribution in [3.05, 3.63) is 40.9 Å². The minimum absolute atomic E-state index is 0.316. The Kier molecular flexibility index (Phi) is 5.63. The van der Waals surface area contributed by atoms with Crippen LogP contribution in [-0.4, -0.2) is 12.6 Å². The number of nitrogens with one attached hydrogen (secondary N) is 1. The summed E-state index contributed by atoms with van der Waals surface area (Å²) in [5.41, 5.74) is 1.45. The van der Waals surface area contributed by atoms with Gasteiger partial charge in [0, 0.05) is 5.69 Å². The molecule has 0 aliphatic rings. The van der Waals surface area contributed by atoms with Gasteiger partial charge in [-0.2, -0.15) is 0 Å². The molecular formula is C13H17NO2S. The first kappa shape index (κ1) is 13.6. The smallest absolute Gasteiger partial charge is 0.336 e. The summed E-state index contributed by atoms with van der Waals surface area (Å²) in [6.45, 7) is 4.05. The van der Waals surface area contributed by atoms with Crippen molar-refractivity contribution in [2.45, 2.75) is 20.3 Å². The maximum absolute atomic E-state index is 11.6. The Morgan fingerprint density at radius 1 is 1.29 bits per heavy atom. The van der Waals surface area contributed by atoms with Crippen molar-refractivity contribution in [2.75, 3.05) is 11.9 Å². The molecule has 0 radical (unpaired) electrons. The van der Waals surface area contributed by atoms with Gasteiger partial charge in [-0.05, 0) is 25.5 Å². The van der Waals surface area contributed by atoms with Crippen LogP contribution in [0.3, 0.4) is 0 Å². The van der Waals surface area contributed by atoms with Crippen LogP contribution >= 0.6 is 12.6 Å². The molecule has 0 aliphatic carbocycles. The maximum atomic E-state index is 11.6. The van der Waals surface area contributed by atoms with E-state index in [1.165, 1.54) is 0 Å². The van der Waals surface area contributed by atoms with Crippen LogP contribution in [0.5, 0.6) is 0 Å². The Morgan fingerprint density at radius 2 is 1.94 bits per heavy atom. The number of hydrogen-bond donors (Lipinski definition) is 2. The van der Waals surface area contributed by atoms with Crippen molar-refractivity contribution in [3.63, 3.8) is 0 Å². The molecule has 1 N–H and O–H groups in total. The van der Waals surface area contributed by atoms with Crippen molar-refractivity contribution in [3.8, 4) is 0 Å². The van der Waals surface area contributed by atoms with Crippen LogP contribution in [0.2, 0.25) is 0 Å². The van der Waals surface area contributed by atoms with E-state index in [9.17, 15) is 4.79 Å². The van der Waals surface area contributed by atoms with Gasteiger partial charge in [0.25, 0.3) is 0 Å². The summed E-state index contributed by atoms with van der Waals surface area (Å²) in [6.07, 6.45) is 0.581. The van der Waals surface area contributed by atoms with Crippen molar-refractivity contribution in [1.29, 1.82) is 0 Å². The normalized spacial score (nSPS) is 11.7. The summed E-state index contributed by atoms with van der Waals surface area (Å²) < 4.78 is 4.97. The second kappa shape index (κ2) is 7.01. The van der Waals surface area contributed by atoms with Gasteiger partial charge in [0.2, 0.25) is 0 Å². The van der Waals surface area contributed by atoms with Crippen LogP contribution in [0, 0.1) is 0 Å². The molecule has 3 nitrogen and oxygen atoms in total. The third-order valence-corrected chi connectivity index (χ3v) is 2.58. The first-order valence-corrected chi connectivity index (χ1v) is 6.05. The predicted octanol–water partition coefficient (Wildman–Crippen LogP) is 3.21. The summed E-state index contributed by atoms with van der Waals surface area (Å²) in [7, 11) is 0. The largest absolute Gasteiger partial charge is 0.463 e. The van der Waals surface area contributed by atoms with Crippen molar-refractivity contribution in [1.82, 2.24) is 0 Å². The average Bonchev–Trinajstić information content (AvgIpc) is 2.31. The summed E-state index contributed by atoms with van der Waals surface area (Å²) in [5, 5.41) is 3.61. The van der Waals surface area contributed by atoms with E-state index in [-0.39, 0.29) is 5.97 Å². The first-order valence-electron chi connectivity index (χ1n) is 5.60. The summed E-state index contributed by atoms with van der Waals surface area (Å²) in [6, 6.07) is 9.58. The number of hydrogen-bond acceptors (Lipinski definition) is 4. The van der Waals surface area contributed by atoms with E-state index in [1.807, 2.05) is 37.3 Å². The van der Waals surface area contributed by atoms with Gasteiger partial charge in [0.1, 0.15) is 0 Å². The quantitative estimate of drug-likeness (QED) is 0.479. The number of carbonyl (C=O) groups is 1. The van der Waals surface area contributed by atoms with E-state index in [4.69, 9.17) is 4.74 Å². The molecular weight excluding hydrogens is 234 g/mol. The number of rotatable bonds is 5. The van der Waals surface area contributed by atoms with E-state index >= 15 is 0 Å². The number of anilines is 1. The van der Waals surface area contributed by atoms with Crippen molar-refractivity contribution < 1.29 is 9.53 Å². The van der Waals surface area contributed by atoms with Crippen LogP contribution in [-0.2, 0) is 9.53 Å². The number of para-hydroxylation sites is 1. The Balaban J connectivity index is 2.83. The maximum Gasteiger partial charge on any atom is 0.336 e. The molecule has 92 valence electrons. The third-order valence-electron chi connectivity index (χ3n) is 2.20. The number of thiol groups is 1. The molecule has 1 rings (SSSR count). The molecule has 1 aromatic rings. The summed E-state index contributed by atoms with van der Waals surface area (Å²) >= 11 is 4.32. The fourth-order valence-electron chi connectivity index (χ4n) is 1.36. The van der Waals surface area contributed by atoms with Gasteiger partial charge in [0.05, 0.1) is 17.2 Å². The van der Waals surface area contributed by atoms with E-state index in [0.29, 0.717) is 23.6 Å². The number of carbonyl (C=O) groups excluding carboxylic acids is 1. The lowest BCUT2D eigenvalue weighted by atomic mass is 10.2. The van der Waals surface area contributed by atoms with Crippen molar-refractivity contribution >= 4 is 24.3 Å². The Bertz CT molecular complexity index is 401. The van der Waals surface area contributed by atoms with Crippen LogP contribution in [0.4, 0.5) is 5.69 Å². The average molecular weight is 251 g/mol. The number of benzene rings is 1. The zero-order valence-corrected chi connectivity index (χ0v) is 11.0. The Morgan fingerprint density at radius 3 is 2.47 bits per heavy atom. The molecule has 0 heterocycles. The highest BCUT2D eigenvalue weighted by Gasteiger charge is 2.12. The fourth-order valence-corrected chi connectivity index (χ4v) is 1.74. The van der Waals surface area contributed by atoms with E-state index in [0.717, 1.165) is 5.69 Å². The van der Waals surface area contributed by atoms with Crippen LogP contribution < -0.4 is 5.32 Å². The number of ether oxygens (including phenoxy) is 1. The molecule has 0 aromatic heterocycles. The summed E-state index contributed by atoms with van der Waals surface area (Å²) in [5.74, 6) is -0.316. The lowest BCUT2D eigenvalue weighted by Crippen LogP contribution is -2.11. The lowest BCUT2D eigenvalue weighted by Gasteiger charge is -2.11. The second-order valence-corrected chi connectivity index (χ2v) is 3.84. The van der Waals surface area contributed by atoms with Gasteiger partial charge in [-0.3, -0.25) is 0 Å². The molecule has 0 amide bonds. The molecule has 0 bridgehead atoms. The molecule has 0 spiro atoms. The molecule has 0 aliphatic heterocycles. The molecule has 1 aromatic carbocycles. The van der Waals surface area contributed by atoms with Crippen molar-refractivity contribution in [2.24, 2.45) is 0 Å². The highest BCUT2D eigenvalue weighted by molar-refractivity contribution is 7.84. The third kappa shape index (κ3) is 4.15. The highest BCUT2D eigenvalue weighted by atomic mass is 32.1. The molecule has 17 heavy (non-hydrogen) atoms. The van der Waals surface area contributed by atoms with Gasteiger partial charge >= 0.3 is 5.97 Å². The standard InChI is InChI=1S/C13H17NO2S/c1-3-11(13(15)16-4-2)12(17)14-10-8-6-5-7-9-10/h5-9,14,17H,3-4H2,1-2H3/b12-11-. The van der Waals surface area contributed by atoms with Gasteiger partial charge in [-0.1, -0.05) is 25.1 Å². The van der Waals surface area contributed by atoms with Gasteiger partial charge in [0.15, 0.2) is 0 Å². The van der Waals surface area contributed by atoms with E-state index in [2.05, 4.69) is 17.9 Å². The molecule has 0 saturated carbocycles. The molecule has 0 atom stereocenters. The Labute approximate surface area is 107 Å². The highest BCUT2D eigenvalue weighted by Crippen LogP contribution is 2.18. The molecule has 0 saturated heterocycles. The van der Waals surface area contributed by atoms with E-state index < -0.39 is 0 Å². The SMILES string of the molecule is CCOC(=O)/C(CC)=C(\S)Nc1ccccc1. The number of esters is 1. The zero-order chi connectivity index (χ0) is 12.7. The van der Waals surface area contributed by atoms with Gasteiger partial charge in [-0.25, -0.2) is 4.79 Å². The lowest BCUT2D eigenvalue weighted by molar-refractivity contribution is -0.138. The minimum atomic E-state index is -0.316. The molecule has 4 heteroatoms. The van der Waals surface area contributed by atoms with Crippen LogP contribution in [0.1, 0.15) is 20.3 Å². The van der Waals surface area contributed by atoms with Crippen LogP contribution in [0.25, 0.3) is 0 Å². The molecule has 0 unspecified atom stereocenters. The van der Waals surface area contributed by atoms with E-state index in [1.54, 1.807) is 6.92 Å². The van der Waals surface area contributed by atoms with Gasteiger partial charge < -0.3 is 10.1 Å². The topological polar surface area (TPSA) is 38.3 Å². The zero-order valence-electron chi connectivity index (χ0n) is 10.1. The summed E-state index contributed by atoms with van der Waals surface area (Å²) in [4.78, 5) is 11.6. The van der Waals surface area contributed by atoms with Crippen LogP contribution in [0.15, 0.2) is 40.9 Å². The minimum Gasteiger partial charge on any atom is -0.463 e. The monoisotopic (exact) mass is 251 g/mol. The first-order chi connectivity index (χ1) is 8.19. The van der Waals surface area contributed by atoms with Gasteiger partial charge in [-0.15, -0.1) is 12.6 Å². The fraction of sp³-hybridized carbons (Fsp3) is 0.308. The second-order valence-electron chi connectivity index (χ2n) is 3.39. The molecule has 0 fully saturated rings. The Hall–Kier alpha value is -1.42.